The van der Waals surface area contributed by atoms with Gasteiger partial charge in [-0.1, -0.05) is 41.1 Å². The summed E-state index contributed by atoms with van der Waals surface area (Å²) in [5.41, 5.74) is 8.02. The molecule has 0 heterocycles. The van der Waals surface area contributed by atoms with Crippen molar-refractivity contribution in [2.45, 2.75) is 30.8 Å². The first kappa shape index (κ1) is 28.1. The number of para-hydroxylation sites is 2. The Bertz CT molecular complexity index is 1250. The number of hydrogen-bond donors (Lipinski definition) is 4. The fourth-order valence-corrected chi connectivity index (χ4v) is 4.45. The summed E-state index contributed by atoms with van der Waals surface area (Å²) in [6.07, 6.45) is 5.02. The van der Waals surface area contributed by atoms with Crippen molar-refractivity contribution < 1.29 is 19.4 Å². The van der Waals surface area contributed by atoms with Crippen LogP contribution in [0.25, 0.3) is 0 Å². The lowest BCUT2D eigenvalue weighted by Crippen LogP contribution is -2.22. The molecule has 194 valence electrons. The van der Waals surface area contributed by atoms with Gasteiger partial charge < -0.3 is 20.9 Å². The number of carbonyl (C=O) groups excluding carboxylic acids is 2. The van der Waals surface area contributed by atoms with Crippen LogP contribution in [0.3, 0.4) is 0 Å². The topological polar surface area (TPSA) is 114 Å². The molecule has 0 aliphatic rings. The van der Waals surface area contributed by atoms with E-state index in [2.05, 4.69) is 26.6 Å². The van der Waals surface area contributed by atoms with E-state index in [1.165, 1.54) is 6.08 Å². The van der Waals surface area contributed by atoms with Crippen molar-refractivity contribution in [2.75, 3.05) is 22.6 Å². The minimum absolute atomic E-state index is 0.0348. The van der Waals surface area contributed by atoms with Crippen molar-refractivity contribution in [3.05, 3.63) is 88.9 Å². The van der Waals surface area contributed by atoms with Crippen LogP contribution in [0.1, 0.15) is 31.4 Å². The average molecular weight is 585 g/mol. The maximum absolute atomic E-state index is 12.8. The number of halogens is 1. The zero-order valence-electron chi connectivity index (χ0n) is 20.6. The third-order valence-corrected chi connectivity index (χ3v) is 6.90. The number of aromatic hydroxyl groups is 1. The van der Waals surface area contributed by atoms with Crippen molar-refractivity contribution in [1.29, 1.82) is 0 Å². The minimum atomic E-state index is -0.714. The third-order valence-electron chi connectivity index (χ3n) is 5.66. The minimum Gasteiger partial charge on any atom is -0.508 e. The van der Waals surface area contributed by atoms with Gasteiger partial charge in [-0.25, -0.2) is 4.79 Å². The third kappa shape index (κ3) is 8.58. The Morgan fingerprint density at radius 2 is 1.84 bits per heavy atom. The van der Waals surface area contributed by atoms with Crippen LogP contribution in [-0.4, -0.2) is 23.4 Å². The first-order valence-electron chi connectivity index (χ1n) is 11.7. The van der Waals surface area contributed by atoms with Crippen LogP contribution in [0.4, 0.5) is 21.9 Å². The van der Waals surface area contributed by atoms with E-state index in [1.807, 2.05) is 25.3 Å². The number of nitrogen functional groups attached to an aromatic ring is 1. The molecule has 3 rings (SSSR count). The number of rotatable bonds is 10. The van der Waals surface area contributed by atoms with E-state index in [1.54, 1.807) is 72.4 Å². The van der Waals surface area contributed by atoms with Gasteiger partial charge in [-0.15, -0.1) is 11.8 Å². The van der Waals surface area contributed by atoms with Gasteiger partial charge in [0.2, 0.25) is 5.91 Å². The highest BCUT2D eigenvalue weighted by Crippen LogP contribution is 2.36. The van der Waals surface area contributed by atoms with Crippen molar-refractivity contribution in [2.24, 2.45) is 5.92 Å². The number of hydrogen-bond acceptors (Lipinski definition) is 6. The summed E-state index contributed by atoms with van der Waals surface area (Å²) < 4.78 is 6.57. The van der Waals surface area contributed by atoms with Crippen LogP contribution in [0.5, 0.6) is 5.75 Å². The highest BCUT2D eigenvalue weighted by atomic mass is 79.9. The molecule has 0 radical (unpaired) electrons. The highest BCUT2D eigenvalue weighted by molar-refractivity contribution is 9.10. The number of thioether (sulfide) groups is 1. The summed E-state index contributed by atoms with van der Waals surface area (Å²) in [7, 11) is 0. The Kier molecular flexibility index (Phi) is 10.5. The molecule has 37 heavy (non-hydrogen) atoms. The van der Waals surface area contributed by atoms with Gasteiger partial charge in [0, 0.05) is 20.6 Å². The number of amides is 2. The second-order valence-electron chi connectivity index (χ2n) is 8.42. The molecular formula is C28H30BrN3O4S. The van der Waals surface area contributed by atoms with Crippen molar-refractivity contribution in [1.82, 2.24) is 0 Å². The van der Waals surface area contributed by atoms with Crippen LogP contribution < -0.4 is 16.4 Å². The maximum atomic E-state index is 12.8. The summed E-state index contributed by atoms with van der Waals surface area (Å²) in [4.78, 5) is 26.1. The molecule has 2 atom stereocenters. The first-order chi connectivity index (χ1) is 17.8. The number of phenolic OH excluding ortho intramolecular Hbond substituents is 1. The van der Waals surface area contributed by atoms with Gasteiger partial charge in [0.1, 0.15) is 11.9 Å². The summed E-state index contributed by atoms with van der Waals surface area (Å²) in [5.74, 6) is -0.412. The smallest absolute Gasteiger partial charge is 0.412 e. The Morgan fingerprint density at radius 1 is 1.11 bits per heavy atom. The van der Waals surface area contributed by atoms with Gasteiger partial charge in [-0.2, -0.15) is 0 Å². The lowest BCUT2D eigenvalue weighted by molar-refractivity contribution is -0.111. The number of allylic oxidation sites excluding steroid dienone is 1. The maximum Gasteiger partial charge on any atom is 0.412 e. The lowest BCUT2D eigenvalue weighted by Gasteiger charge is -2.25. The number of anilines is 3. The van der Waals surface area contributed by atoms with Crippen LogP contribution in [0, 0.1) is 5.92 Å². The zero-order valence-corrected chi connectivity index (χ0v) is 23.0. The quantitative estimate of drug-likeness (QED) is 0.113. The van der Waals surface area contributed by atoms with Crippen LogP contribution in [0.15, 0.2) is 88.3 Å². The lowest BCUT2D eigenvalue weighted by atomic mass is 9.92. The number of nitrogens with two attached hydrogens (primary N) is 1. The fourth-order valence-electron chi connectivity index (χ4n) is 3.66. The van der Waals surface area contributed by atoms with E-state index in [0.29, 0.717) is 35.5 Å². The van der Waals surface area contributed by atoms with E-state index < -0.39 is 12.2 Å². The summed E-state index contributed by atoms with van der Waals surface area (Å²) in [6.45, 7) is 1.93. The van der Waals surface area contributed by atoms with Gasteiger partial charge in [0.15, 0.2) is 0 Å². The predicted octanol–water partition coefficient (Wildman–Crippen LogP) is 7.36. The van der Waals surface area contributed by atoms with Gasteiger partial charge in [-0.05, 0) is 85.7 Å². The molecule has 0 unspecified atom stereocenters. The SMILES string of the molecule is CSc1ccc(NC(=O)O[C@@H](c2cc(Br)ccc2O)[C@@H](C)CC/C=C/C(=O)Nc2ccccc2N)cc1. The summed E-state index contributed by atoms with van der Waals surface area (Å²) in [5, 5.41) is 16.0. The Hall–Kier alpha value is -3.43. The molecule has 0 saturated heterocycles. The molecule has 3 aromatic rings. The normalized spacial score (nSPS) is 12.6. The fraction of sp³-hybridized carbons (Fsp3) is 0.214. The van der Waals surface area contributed by atoms with Crippen molar-refractivity contribution >= 4 is 56.8 Å². The Balaban J connectivity index is 1.65. The molecule has 3 aromatic carbocycles. The average Bonchev–Trinajstić information content (AvgIpc) is 2.88. The molecule has 0 spiro atoms. The van der Waals surface area contributed by atoms with Gasteiger partial charge in [-0.3, -0.25) is 10.1 Å². The summed E-state index contributed by atoms with van der Waals surface area (Å²) in [6, 6.07) is 19.5. The number of phenols is 1. The van der Waals surface area contributed by atoms with E-state index in [0.717, 1.165) is 9.37 Å². The Morgan fingerprint density at radius 3 is 2.54 bits per heavy atom. The first-order valence-corrected chi connectivity index (χ1v) is 13.7. The van der Waals surface area contributed by atoms with E-state index >= 15 is 0 Å². The van der Waals surface area contributed by atoms with Gasteiger partial charge in [0.05, 0.1) is 11.4 Å². The van der Waals surface area contributed by atoms with E-state index in [4.69, 9.17) is 10.5 Å². The molecule has 0 saturated carbocycles. The second kappa shape index (κ2) is 13.8. The van der Waals surface area contributed by atoms with Crippen LogP contribution in [-0.2, 0) is 9.53 Å². The number of ether oxygens (including phenoxy) is 1. The van der Waals surface area contributed by atoms with Gasteiger partial charge >= 0.3 is 6.09 Å². The van der Waals surface area contributed by atoms with Crippen LogP contribution >= 0.6 is 27.7 Å². The number of nitrogens with one attached hydrogen (secondary N) is 2. The predicted molar refractivity (Wildman–Crippen MR) is 154 cm³/mol. The van der Waals surface area contributed by atoms with Crippen LogP contribution in [0.2, 0.25) is 0 Å². The van der Waals surface area contributed by atoms with E-state index in [-0.39, 0.29) is 17.6 Å². The molecule has 0 aliphatic carbocycles. The molecule has 7 nitrogen and oxygen atoms in total. The summed E-state index contributed by atoms with van der Waals surface area (Å²) >= 11 is 5.04. The number of carbonyl (C=O) groups is 2. The molecule has 0 aromatic heterocycles. The second-order valence-corrected chi connectivity index (χ2v) is 10.2. The molecule has 0 aliphatic heterocycles. The van der Waals surface area contributed by atoms with Gasteiger partial charge in [0.25, 0.3) is 0 Å². The Labute approximate surface area is 229 Å². The molecule has 0 fully saturated rings. The molecule has 0 bridgehead atoms. The largest absolute Gasteiger partial charge is 0.508 e. The van der Waals surface area contributed by atoms with Crippen molar-refractivity contribution in [3.8, 4) is 5.75 Å². The molecular weight excluding hydrogens is 554 g/mol. The molecule has 5 N–H and O–H groups in total. The van der Waals surface area contributed by atoms with E-state index in [9.17, 15) is 14.7 Å². The molecule has 2 amide bonds. The zero-order chi connectivity index (χ0) is 26.8. The highest BCUT2D eigenvalue weighted by Gasteiger charge is 2.26. The monoisotopic (exact) mass is 583 g/mol. The number of benzene rings is 3. The standard InChI is InChI=1S/C28H30BrN3O4S/c1-18(7-3-6-10-26(34)32-24-9-5-4-8-23(24)30)27(22-17-19(29)11-16-25(22)33)36-28(35)31-20-12-14-21(37-2)15-13-20/h4-6,8-18,27,33H,3,7,30H2,1-2H3,(H,31,35)(H,32,34)/b10-6+/t18-,27+/m0/s1. The van der Waals surface area contributed by atoms with Crippen molar-refractivity contribution in [3.63, 3.8) is 0 Å². The molecule has 9 heteroatoms.